The summed E-state index contributed by atoms with van der Waals surface area (Å²) in [6.07, 6.45) is 0. The Morgan fingerprint density at radius 2 is 0.826 bits per heavy atom. The fraction of sp³-hybridized carbons (Fsp3) is 0.0455. The molecule has 0 aliphatic carbocycles. The number of nitrogens with zero attached hydrogens (tertiary/aromatic N) is 1. The molecule has 1 nitrogen and oxygen atoms in total. The molecule has 8 aromatic carbocycles. The third kappa shape index (κ3) is 4.07. The van der Waals surface area contributed by atoms with Gasteiger partial charge < -0.3 is 4.90 Å². The number of hydrogen-bond acceptors (Lipinski definition) is 1. The van der Waals surface area contributed by atoms with Crippen molar-refractivity contribution in [2.24, 2.45) is 0 Å². The maximum atomic E-state index is 2.49. The number of fused-ring (bicyclic) bond motifs is 9. The van der Waals surface area contributed by atoms with Crippen LogP contribution in [-0.4, -0.2) is 8.07 Å². The first-order valence-electron chi connectivity index (χ1n) is 16.1. The fourth-order valence-electron chi connectivity index (χ4n) is 7.75. The van der Waals surface area contributed by atoms with Gasteiger partial charge in [0.15, 0.2) is 0 Å². The number of rotatable bonds is 4. The van der Waals surface area contributed by atoms with E-state index in [9.17, 15) is 0 Å². The van der Waals surface area contributed by atoms with E-state index in [2.05, 4.69) is 182 Å². The minimum atomic E-state index is -1.85. The molecule has 1 heterocycles. The largest absolute Gasteiger partial charge is 0.310 e. The summed E-state index contributed by atoms with van der Waals surface area (Å²) < 4.78 is 0. The average molecular weight is 604 g/mol. The highest BCUT2D eigenvalue weighted by atomic mass is 28.3. The summed E-state index contributed by atoms with van der Waals surface area (Å²) in [7, 11) is -1.85. The van der Waals surface area contributed by atoms with E-state index in [1.807, 2.05) is 0 Å². The van der Waals surface area contributed by atoms with Gasteiger partial charge in [-0.25, -0.2) is 0 Å². The SMILES string of the molecule is C[Si]1(C)c2ccccc2-c2ccc(N(c3ccc(-c4ccccc4)cc3)c3ccc4c5ccccc5c5ccccc5c4c3)cc21. The van der Waals surface area contributed by atoms with Crippen LogP contribution in [0.5, 0.6) is 0 Å². The van der Waals surface area contributed by atoms with E-state index in [0.717, 1.165) is 11.4 Å². The van der Waals surface area contributed by atoms with Gasteiger partial charge in [-0.2, -0.15) is 0 Å². The smallest absolute Gasteiger partial charge is 0.113 e. The molecule has 218 valence electrons. The first-order chi connectivity index (χ1) is 22.6. The lowest BCUT2D eigenvalue weighted by atomic mass is 9.94. The second-order valence-electron chi connectivity index (χ2n) is 13.0. The predicted octanol–water partition coefficient (Wildman–Crippen LogP) is 11.1. The van der Waals surface area contributed by atoms with Crippen LogP contribution in [0.2, 0.25) is 13.1 Å². The number of benzene rings is 8. The van der Waals surface area contributed by atoms with E-state index in [4.69, 9.17) is 0 Å². The van der Waals surface area contributed by atoms with Crippen LogP contribution >= 0.6 is 0 Å². The lowest BCUT2D eigenvalue weighted by Gasteiger charge is -2.28. The lowest BCUT2D eigenvalue weighted by molar-refractivity contribution is 1.29. The summed E-state index contributed by atoms with van der Waals surface area (Å²) in [5.74, 6) is 0. The zero-order valence-electron chi connectivity index (χ0n) is 26.0. The van der Waals surface area contributed by atoms with Crippen LogP contribution in [0.4, 0.5) is 17.1 Å². The molecule has 0 bridgehead atoms. The Balaban J connectivity index is 1.27. The van der Waals surface area contributed by atoms with Gasteiger partial charge in [0.2, 0.25) is 0 Å². The Kier molecular flexibility index (Phi) is 6.03. The van der Waals surface area contributed by atoms with Gasteiger partial charge in [-0.1, -0.05) is 140 Å². The van der Waals surface area contributed by atoms with Crippen molar-refractivity contribution in [2.45, 2.75) is 13.1 Å². The summed E-state index contributed by atoms with van der Waals surface area (Å²) in [5.41, 5.74) is 8.76. The second kappa shape index (κ2) is 10.3. The Hall–Kier alpha value is -5.44. The van der Waals surface area contributed by atoms with Crippen LogP contribution in [0.3, 0.4) is 0 Å². The Bertz CT molecular complexity index is 2410. The van der Waals surface area contributed by atoms with E-state index in [-0.39, 0.29) is 0 Å². The summed E-state index contributed by atoms with van der Waals surface area (Å²) in [4.78, 5) is 2.45. The van der Waals surface area contributed by atoms with Crippen LogP contribution < -0.4 is 15.3 Å². The molecule has 2 heteroatoms. The van der Waals surface area contributed by atoms with Gasteiger partial charge in [0.1, 0.15) is 8.07 Å². The second-order valence-corrected chi connectivity index (χ2v) is 17.3. The molecule has 0 N–H and O–H groups in total. The molecule has 1 aliphatic heterocycles. The summed E-state index contributed by atoms with van der Waals surface area (Å²) in [5, 5.41) is 10.8. The van der Waals surface area contributed by atoms with Gasteiger partial charge in [0.05, 0.1) is 0 Å². The van der Waals surface area contributed by atoms with Crippen LogP contribution in [0.15, 0.2) is 164 Å². The highest BCUT2D eigenvalue weighted by Gasteiger charge is 2.37. The molecular formula is C44H33NSi. The van der Waals surface area contributed by atoms with Crippen molar-refractivity contribution in [3.05, 3.63) is 164 Å². The van der Waals surface area contributed by atoms with Crippen molar-refractivity contribution in [3.63, 3.8) is 0 Å². The maximum Gasteiger partial charge on any atom is 0.113 e. The Morgan fingerprint density at radius 3 is 1.52 bits per heavy atom. The van der Waals surface area contributed by atoms with Crippen LogP contribution in [0, 0.1) is 0 Å². The molecule has 0 saturated heterocycles. The van der Waals surface area contributed by atoms with Crippen molar-refractivity contribution in [2.75, 3.05) is 4.90 Å². The van der Waals surface area contributed by atoms with Gasteiger partial charge in [-0.15, -0.1) is 0 Å². The highest BCUT2D eigenvalue weighted by Crippen LogP contribution is 2.42. The summed E-state index contributed by atoms with van der Waals surface area (Å²) in [6.45, 7) is 4.99. The molecule has 8 aromatic rings. The highest BCUT2D eigenvalue weighted by molar-refractivity contribution is 7.03. The number of hydrogen-bond donors (Lipinski definition) is 0. The van der Waals surface area contributed by atoms with Gasteiger partial charge >= 0.3 is 0 Å². The summed E-state index contributed by atoms with van der Waals surface area (Å²) in [6, 6.07) is 60.6. The molecule has 9 rings (SSSR count). The van der Waals surface area contributed by atoms with Crippen molar-refractivity contribution >= 4 is 67.8 Å². The summed E-state index contributed by atoms with van der Waals surface area (Å²) >= 11 is 0. The molecule has 1 aliphatic rings. The van der Waals surface area contributed by atoms with Crippen molar-refractivity contribution in [1.82, 2.24) is 0 Å². The standard InChI is InChI=1S/C44H33NSi/c1-46(2)43-19-11-10-18-40(43)41-27-25-34(29-44(41)46)45(32-22-20-31(21-23-32)30-12-4-3-5-13-30)33-24-26-39-37-16-7-6-14-35(37)36-15-8-9-17-38(36)42(39)28-33/h3-29H,1-2H3. The fourth-order valence-corrected chi connectivity index (χ4v) is 10.8. The minimum absolute atomic E-state index is 1.15. The third-order valence-electron chi connectivity index (χ3n) is 10.0. The lowest BCUT2D eigenvalue weighted by Crippen LogP contribution is -2.49. The molecule has 46 heavy (non-hydrogen) atoms. The molecule has 0 unspecified atom stereocenters. The van der Waals surface area contributed by atoms with Crippen molar-refractivity contribution in [3.8, 4) is 22.3 Å². The maximum absolute atomic E-state index is 2.49. The third-order valence-corrected chi connectivity index (χ3v) is 13.6. The van der Waals surface area contributed by atoms with Gasteiger partial charge in [-0.05, 0) is 101 Å². The minimum Gasteiger partial charge on any atom is -0.310 e. The predicted molar refractivity (Wildman–Crippen MR) is 201 cm³/mol. The topological polar surface area (TPSA) is 3.24 Å². The molecule has 0 aromatic heterocycles. The van der Waals surface area contributed by atoms with E-state index < -0.39 is 8.07 Å². The molecule has 0 fully saturated rings. The molecule has 0 spiro atoms. The molecule has 0 amide bonds. The first-order valence-corrected chi connectivity index (χ1v) is 19.1. The molecule has 0 radical (unpaired) electrons. The normalized spacial score (nSPS) is 13.2. The number of anilines is 3. The molecule has 0 saturated carbocycles. The van der Waals surface area contributed by atoms with Gasteiger partial charge in [0.25, 0.3) is 0 Å². The van der Waals surface area contributed by atoms with Crippen molar-refractivity contribution in [1.29, 1.82) is 0 Å². The van der Waals surface area contributed by atoms with E-state index >= 15 is 0 Å². The Labute approximate surface area is 271 Å². The first kappa shape index (κ1) is 26.9. The van der Waals surface area contributed by atoms with Crippen LogP contribution in [0.1, 0.15) is 0 Å². The zero-order chi connectivity index (χ0) is 30.8. The van der Waals surface area contributed by atoms with Crippen molar-refractivity contribution < 1.29 is 0 Å². The van der Waals surface area contributed by atoms with Gasteiger partial charge in [0, 0.05) is 17.1 Å². The van der Waals surface area contributed by atoms with Crippen LogP contribution in [-0.2, 0) is 0 Å². The quantitative estimate of drug-likeness (QED) is 0.143. The average Bonchev–Trinajstić information content (AvgIpc) is 3.35. The van der Waals surface area contributed by atoms with E-state index in [0.29, 0.717) is 0 Å². The van der Waals surface area contributed by atoms with E-state index in [1.54, 1.807) is 0 Å². The van der Waals surface area contributed by atoms with E-state index in [1.165, 1.54) is 70.6 Å². The Morgan fingerprint density at radius 1 is 0.348 bits per heavy atom. The molecular weight excluding hydrogens is 571 g/mol. The molecule has 0 atom stereocenters. The van der Waals surface area contributed by atoms with Gasteiger partial charge in [-0.3, -0.25) is 0 Å². The van der Waals surface area contributed by atoms with Crippen LogP contribution in [0.25, 0.3) is 54.6 Å². The monoisotopic (exact) mass is 603 g/mol. The zero-order valence-corrected chi connectivity index (χ0v) is 27.0.